The van der Waals surface area contributed by atoms with Crippen LogP contribution in [0.2, 0.25) is 0 Å². The molecule has 0 aliphatic heterocycles. The van der Waals surface area contributed by atoms with Crippen LogP contribution in [0.15, 0.2) is 83.3 Å². The van der Waals surface area contributed by atoms with Gasteiger partial charge in [-0.3, -0.25) is 9.59 Å². The molecule has 2 amide bonds. The molecule has 0 fully saturated rings. The quantitative estimate of drug-likeness (QED) is 0.484. The Bertz CT molecular complexity index is 1160. The first-order valence-corrected chi connectivity index (χ1v) is 9.44. The molecule has 0 atom stereocenters. The second-order valence-corrected chi connectivity index (χ2v) is 6.72. The van der Waals surface area contributed by atoms with E-state index < -0.39 is 0 Å². The molecule has 3 aromatic carbocycles. The molecule has 30 heavy (non-hydrogen) atoms. The molecule has 6 nitrogen and oxygen atoms in total. The number of fused-ring (bicyclic) bond motifs is 1. The van der Waals surface area contributed by atoms with E-state index in [-0.39, 0.29) is 24.0 Å². The van der Waals surface area contributed by atoms with Crippen molar-refractivity contribution in [3.05, 3.63) is 90.2 Å². The summed E-state index contributed by atoms with van der Waals surface area (Å²) >= 11 is 0. The molecule has 1 heterocycles. The van der Waals surface area contributed by atoms with Gasteiger partial charge in [0, 0.05) is 11.1 Å². The maximum absolute atomic E-state index is 12.4. The molecule has 0 saturated heterocycles. The van der Waals surface area contributed by atoms with Crippen LogP contribution in [0.3, 0.4) is 0 Å². The highest BCUT2D eigenvalue weighted by Crippen LogP contribution is 2.23. The number of nitrogens with one attached hydrogen (secondary N) is 2. The molecule has 150 valence electrons. The Morgan fingerprint density at radius 3 is 2.40 bits per heavy atom. The van der Waals surface area contributed by atoms with Crippen LogP contribution < -0.4 is 15.4 Å². The van der Waals surface area contributed by atoms with Gasteiger partial charge in [0.2, 0.25) is 5.91 Å². The topological polar surface area (TPSA) is 80.6 Å². The Morgan fingerprint density at radius 1 is 0.900 bits per heavy atom. The molecule has 4 rings (SSSR count). The minimum absolute atomic E-state index is 0.154. The van der Waals surface area contributed by atoms with Gasteiger partial charge in [-0.1, -0.05) is 42.5 Å². The number of amides is 2. The number of rotatable bonds is 6. The van der Waals surface area contributed by atoms with Gasteiger partial charge in [-0.2, -0.15) is 0 Å². The standard InChI is InChI=1S/C24H20N2O4/c1-29-21-9-5-3-7-19(21)26-23(27)14-16-10-12-18(13-11-16)25-24(28)22-15-17-6-2-4-8-20(17)30-22/h2-13,15H,14H2,1H3,(H,25,28)(H,26,27). The van der Waals surface area contributed by atoms with Crippen molar-refractivity contribution in [3.63, 3.8) is 0 Å². The van der Waals surface area contributed by atoms with Gasteiger partial charge in [0.25, 0.3) is 5.91 Å². The van der Waals surface area contributed by atoms with Gasteiger partial charge in [0.1, 0.15) is 11.3 Å². The zero-order valence-electron chi connectivity index (χ0n) is 16.3. The zero-order chi connectivity index (χ0) is 20.9. The van der Waals surface area contributed by atoms with E-state index in [2.05, 4.69) is 10.6 Å². The number of hydrogen-bond donors (Lipinski definition) is 2. The summed E-state index contributed by atoms with van der Waals surface area (Å²) in [6.07, 6.45) is 0.204. The molecule has 0 aliphatic carbocycles. The molecule has 0 bridgehead atoms. The van der Waals surface area contributed by atoms with Crippen LogP contribution >= 0.6 is 0 Å². The predicted octanol–water partition coefficient (Wildman–Crippen LogP) is 4.87. The first-order chi connectivity index (χ1) is 14.6. The average molecular weight is 400 g/mol. The van der Waals surface area contributed by atoms with E-state index in [0.717, 1.165) is 10.9 Å². The first kappa shape index (κ1) is 19.3. The monoisotopic (exact) mass is 400 g/mol. The lowest BCUT2D eigenvalue weighted by molar-refractivity contribution is -0.115. The summed E-state index contributed by atoms with van der Waals surface area (Å²) in [5.74, 6) is 0.373. The van der Waals surface area contributed by atoms with Crippen LogP contribution in [0.5, 0.6) is 5.75 Å². The van der Waals surface area contributed by atoms with Crippen molar-refractivity contribution in [1.82, 2.24) is 0 Å². The molecular formula is C24H20N2O4. The molecule has 6 heteroatoms. The predicted molar refractivity (Wildman–Crippen MR) is 116 cm³/mol. The van der Waals surface area contributed by atoms with Crippen molar-refractivity contribution in [3.8, 4) is 5.75 Å². The highest BCUT2D eigenvalue weighted by atomic mass is 16.5. The van der Waals surface area contributed by atoms with Crippen molar-refractivity contribution >= 4 is 34.2 Å². The number of methoxy groups -OCH3 is 1. The smallest absolute Gasteiger partial charge is 0.291 e. The van der Waals surface area contributed by atoms with Crippen molar-refractivity contribution < 1.29 is 18.7 Å². The van der Waals surface area contributed by atoms with Gasteiger partial charge >= 0.3 is 0 Å². The van der Waals surface area contributed by atoms with E-state index in [1.807, 2.05) is 36.4 Å². The minimum Gasteiger partial charge on any atom is -0.495 e. The Morgan fingerprint density at radius 2 is 1.63 bits per heavy atom. The second-order valence-electron chi connectivity index (χ2n) is 6.72. The average Bonchev–Trinajstić information content (AvgIpc) is 3.20. The van der Waals surface area contributed by atoms with Gasteiger partial charge in [-0.15, -0.1) is 0 Å². The normalized spacial score (nSPS) is 10.6. The fourth-order valence-electron chi connectivity index (χ4n) is 3.12. The van der Waals surface area contributed by atoms with Gasteiger partial charge in [0.15, 0.2) is 5.76 Å². The van der Waals surface area contributed by atoms with Crippen LogP contribution in [0, 0.1) is 0 Å². The Kier molecular flexibility index (Phi) is 5.48. The summed E-state index contributed by atoms with van der Waals surface area (Å²) in [6.45, 7) is 0. The van der Waals surface area contributed by atoms with E-state index in [4.69, 9.17) is 9.15 Å². The van der Waals surface area contributed by atoms with E-state index in [1.54, 1.807) is 49.6 Å². The summed E-state index contributed by atoms with van der Waals surface area (Å²) in [5, 5.41) is 6.52. The molecule has 0 unspecified atom stereocenters. The van der Waals surface area contributed by atoms with Crippen LogP contribution in [0.25, 0.3) is 11.0 Å². The summed E-state index contributed by atoms with van der Waals surface area (Å²) < 4.78 is 10.8. The van der Waals surface area contributed by atoms with Gasteiger partial charge in [-0.25, -0.2) is 0 Å². The number of ether oxygens (including phenoxy) is 1. The van der Waals surface area contributed by atoms with Crippen LogP contribution in [-0.4, -0.2) is 18.9 Å². The highest BCUT2D eigenvalue weighted by molar-refractivity contribution is 6.04. The zero-order valence-corrected chi connectivity index (χ0v) is 16.3. The number of carbonyl (C=O) groups excluding carboxylic acids is 2. The number of hydrogen-bond acceptors (Lipinski definition) is 4. The number of anilines is 2. The maximum atomic E-state index is 12.4. The van der Waals surface area contributed by atoms with Crippen LogP contribution in [0.1, 0.15) is 16.1 Å². The fraction of sp³-hybridized carbons (Fsp3) is 0.0833. The fourth-order valence-corrected chi connectivity index (χ4v) is 3.12. The third-order valence-electron chi connectivity index (χ3n) is 4.61. The summed E-state index contributed by atoms with van der Waals surface area (Å²) in [4.78, 5) is 24.8. The molecule has 1 aromatic heterocycles. The third-order valence-corrected chi connectivity index (χ3v) is 4.61. The maximum Gasteiger partial charge on any atom is 0.291 e. The van der Waals surface area contributed by atoms with Crippen molar-refractivity contribution in [2.75, 3.05) is 17.7 Å². The third kappa shape index (κ3) is 4.33. The molecule has 0 spiro atoms. The number of furan rings is 1. The van der Waals surface area contributed by atoms with E-state index in [9.17, 15) is 9.59 Å². The summed E-state index contributed by atoms with van der Waals surface area (Å²) in [7, 11) is 1.56. The molecule has 2 N–H and O–H groups in total. The van der Waals surface area contributed by atoms with Gasteiger partial charge < -0.3 is 19.8 Å². The van der Waals surface area contributed by atoms with Crippen molar-refractivity contribution in [1.29, 1.82) is 0 Å². The number of carbonyl (C=O) groups is 2. The van der Waals surface area contributed by atoms with Crippen LogP contribution in [-0.2, 0) is 11.2 Å². The Hall–Kier alpha value is -4.06. The Balaban J connectivity index is 1.37. The first-order valence-electron chi connectivity index (χ1n) is 9.44. The van der Waals surface area contributed by atoms with Gasteiger partial charge in [-0.05, 0) is 42.0 Å². The molecule has 0 saturated carbocycles. The van der Waals surface area contributed by atoms with Crippen molar-refractivity contribution in [2.45, 2.75) is 6.42 Å². The number of para-hydroxylation sites is 3. The lowest BCUT2D eigenvalue weighted by atomic mass is 10.1. The van der Waals surface area contributed by atoms with Crippen molar-refractivity contribution in [2.24, 2.45) is 0 Å². The van der Waals surface area contributed by atoms with Gasteiger partial charge in [0.05, 0.1) is 19.2 Å². The lowest BCUT2D eigenvalue weighted by Crippen LogP contribution is -2.15. The molecular weight excluding hydrogens is 380 g/mol. The van der Waals surface area contributed by atoms with E-state index in [0.29, 0.717) is 22.7 Å². The minimum atomic E-state index is -0.326. The van der Waals surface area contributed by atoms with Crippen LogP contribution in [0.4, 0.5) is 11.4 Å². The lowest BCUT2D eigenvalue weighted by Gasteiger charge is -2.10. The highest BCUT2D eigenvalue weighted by Gasteiger charge is 2.13. The Labute approximate surface area is 173 Å². The number of benzene rings is 3. The second kappa shape index (κ2) is 8.53. The molecule has 4 aromatic rings. The van der Waals surface area contributed by atoms with E-state index >= 15 is 0 Å². The molecule has 0 radical (unpaired) electrons. The summed E-state index contributed by atoms with van der Waals surface area (Å²) in [6, 6.07) is 23.5. The largest absolute Gasteiger partial charge is 0.495 e. The summed E-state index contributed by atoms with van der Waals surface area (Å²) in [5.41, 5.74) is 2.73. The van der Waals surface area contributed by atoms with E-state index in [1.165, 1.54) is 0 Å². The SMILES string of the molecule is COc1ccccc1NC(=O)Cc1ccc(NC(=O)c2cc3ccccc3o2)cc1. The molecule has 0 aliphatic rings.